The Morgan fingerprint density at radius 2 is 2.08 bits per heavy atom. The van der Waals surface area contributed by atoms with E-state index in [0.29, 0.717) is 5.69 Å². The first-order valence-electron chi connectivity index (χ1n) is 7.65. The van der Waals surface area contributed by atoms with Gasteiger partial charge >= 0.3 is 0 Å². The Morgan fingerprint density at radius 3 is 2.81 bits per heavy atom. The van der Waals surface area contributed by atoms with Crippen LogP contribution in [0, 0.1) is 0 Å². The number of H-pyrrole nitrogens is 1. The number of halogens is 1. The van der Waals surface area contributed by atoms with Crippen LogP contribution in [0.25, 0.3) is 10.9 Å². The molecule has 3 rings (SSSR count). The van der Waals surface area contributed by atoms with Gasteiger partial charge in [0.1, 0.15) is 0 Å². The second-order valence-electron chi connectivity index (χ2n) is 5.44. The molecule has 3 aromatic rings. The second kappa shape index (κ2) is 7.37. The van der Waals surface area contributed by atoms with Gasteiger partial charge in [0.25, 0.3) is 11.8 Å². The van der Waals surface area contributed by atoms with E-state index in [2.05, 4.69) is 10.3 Å². The SMILES string of the molecule is COc1cc(C(=O)Nc2cccc3[nH]ccc23)cc(Cl)c1OCC(N)=O. The van der Waals surface area contributed by atoms with Crippen LogP contribution >= 0.6 is 11.6 Å². The van der Waals surface area contributed by atoms with Gasteiger partial charge in [0.05, 0.1) is 17.8 Å². The molecule has 0 saturated carbocycles. The van der Waals surface area contributed by atoms with Crippen LogP contribution in [0.4, 0.5) is 5.69 Å². The Hall–Kier alpha value is -3.19. The van der Waals surface area contributed by atoms with E-state index in [1.54, 1.807) is 12.3 Å². The second-order valence-corrected chi connectivity index (χ2v) is 5.85. The van der Waals surface area contributed by atoms with E-state index in [-0.39, 0.29) is 34.6 Å². The van der Waals surface area contributed by atoms with Crippen molar-refractivity contribution in [3.05, 3.63) is 53.2 Å². The molecular formula is C18H16ClN3O4. The number of nitrogens with two attached hydrogens (primary N) is 1. The summed E-state index contributed by atoms with van der Waals surface area (Å²) >= 11 is 6.18. The number of anilines is 1. The van der Waals surface area contributed by atoms with E-state index in [1.807, 2.05) is 18.2 Å². The molecule has 8 heteroatoms. The summed E-state index contributed by atoms with van der Waals surface area (Å²) in [6, 6.07) is 10.3. The summed E-state index contributed by atoms with van der Waals surface area (Å²) in [6.07, 6.45) is 1.80. The van der Waals surface area contributed by atoms with Crippen molar-refractivity contribution in [2.24, 2.45) is 5.73 Å². The minimum atomic E-state index is -0.649. The van der Waals surface area contributed by atoms with Gasteiger partial charge in [-0.1, -0.05) is 17.7 Å². The number of benzene rings is 2. The Bertz CT molecular complexity index is 984. The molecule has 1 aromatic heterocycles. The summed E-state index contributed by atoms with van der Waals surface area (Å²) in [5.41, 5.74) is 6.93. The largest absolute Gasteiger partial charge is 0.493 e. The van der Waals surface area contributed by atoms with E-state index < -0.39 is 5.91 Å². The van der Waals surface area contributed by atoms with Crippen molar-refractivity contribution in [3.8, 4) is 11.5 Å². The van der Waals surface area contributed by atoms with Gasteiger partial charge in [0.15, 0.2) is 18.1 Å². The standard InChI is InChI=1S/C18H16ClN3O4/c1-25-15-8-10(7-12(19)17(15)26-9-16(20)23)18(24)22-14-4-2-3-13-11(14)5-6-21-13/h2-8,21H,9H2,1H3,(H2,20,23)(H,22,24). The molecule has 0 aliphatic heterocycles. The van der Waals surface area contributed by atoms with Gasteiger partial charge in [-0.3, -0.25) is 9.59 Å². The molecule has 26 heavy (non-hydrogen) atoms. The van der Waals surface area contributed by atoms with Crippen LogP contribution in [0.15, 0.2) is 42.6 Å². The fourth-order valence-electron chi connectivity index (χ4n) is 2.52. The van der Waals surface area contributed by atoms with Crippen molar-refractivity contribution in [2.45, 2.75) is 0 Å². The fourth-order valence-corrected chi connectivity index (χ4v) is 2.79. The number of rotatable bonds is 6. The van der Waals surface area contributed by atoms with Crippen molar-refractivity contribution in [2.75, 3.05) is 19.0 Å². The molecule has 1 heterocycles. The molecule has 0 bridgehead atoms. The zero-order valence-corrected chi connectivity index (χ0v) is 14.6. The number of hydrogen-bond donors (Lipinski definition) is 3. The highest BCUT2D eigenvalue weighted by Crippen LogP contribution is 2.36. The Morgan fingerprint density at radius 1 is 1.27 bits per heavy atom. The van der Waals surface area contributed by atoms with Gasteiger partial charge in [-0.2, -0.15) is 0 Å². The molecule has 0 fully saturated rings. The van der Waals surface area contributed by atoms with E-state index in [1.165, 1.54) is 19.2 Å². The molecule has 2 amide bonds. The molecule has 0 atom stereocenters. The molecular weight excluding hydrogens is 358 g/mol. The molecule has 0 radical (unpaired) electrons. The molecule has 0 spiro atoms. The maximum Gasteiger partial charge on any atom is 0.255 e. The van der Waals surface area contributed by atoms with Crippen LogP contribution in [0.3, 0.4) is 0 Å². The molecule has 0 saturated heterocycles. The summed E-state index contributed by atoms with van der Waals surface area (Å²) in [5.74, 6) is -0.633. The topological polar surface area (TPSA) is 106 Å². The fraction of sp³-hybridized carbons (Fsp3) is 0.111. The molecule has 0 unspecified atom stereocenters. The maximum absolute atomic E-state index is 12.6. The van der Waals surface area contributed by atoms with Gasteiger partial charge in [-0.25, -0.2) is 0 Å². The Balaban J connectivity index is 1.88. The zero-order valence-electron chi connectivity index (χ0n) is 13.8. The third-order valence-electron chi connectivity index (χ3n) is 3.69. The Labute approximate surface area is 154 Å². The van der Waals surface area contributed by atoms with Crippen molar-refractivity contribution < 1.29 is 19.1 Å². The molecule has 2 aromatic carbocycles. The molecule has 4 N–H and O–H groups in total. The summed E-state index contributed by atoms with van der Waals surface area (Å²) in [4.78, 5) is 26.6. The highest BCUT2D eigenvalue weighted by Gasteiger charge is 2.17. The lowest BCUT2D eigenvalue weighted by Gasteiger charge is -2.13. The van der Waals surface area contributed by atoms with Crippen molar-refractivity contribution in [1.82, 2.24) is 4.98 Å². The van der Waals surface area contributed by atoms with Crippen LogP contribution < -0.4 is 20.5 Å². The van der Waals surface area contributed by atoms with Crippen molar-refractivity contribution in [1.29, 1.82) is 0 Å². The molecule has 134 valence electrons. The first kappa shape index (κ1) is 17.6. The van der Waals surface area contributed by atoms with Crippen LogP contribution in [0.2, 0.25) is 5.02 Å². The minimum absolute atomic E-state index is 0.135. The van der Waals surface area contributed by atoms with Crippen LogP contribution in [-0.2, 0) is 4.79 Å². The number of amides is 2. The number of methoxy groups -OCH3 is 1. The smallest absolute Gasteiger partial charge is 0.255 e. The number of nitrogens with one attached hydrogen (secondary N) is 2. The first-order valence-corrected chi connectivity index (χ1v) is 8.03. The summed E-state index contributed by atoms with van der Waals surface area (Å²) in [6.45, 7) is -0.350. The zero-order chi connectivity index (χ0) is 18.7. The first-order chi connectivity index (χ1) is 12.5. The number of aromatic nitrogens is 1. The predicted molar refractivity (Wildman–Crippen MR) is 98.9 cm³/mol. The Kier molecular flexibility index (Phi) is 4.99. The van der Waals surface area contributed by atoms with E-state index >= 15 is 0 Å². The number of fused-ring (bicyclic) bond motifs is 1. The quantitative estimate of drug-likeness (QED) is 0.617. The van der Waals surface area contributed by atoms with E-state index in [4.69, 9.17) is 26.8 Å². The minimum Gasteiger partial charge on any atom is -0.493 e. The molecule has 7 nitrogen and oxygen atoms in total. The summed E-state index contributed by atoms with van der Waals surface area (Å²) in [5, 5.41) is 3.87. The summed E-state index contributed by atoms with van der Waals surface area (Å²) in [7, 11) is 1.41. The maximum atomic E-state index is 12.6. The summed E-state index contributed by atoms with van der Waals surface area (Å²) < 4.78 is 10.5. The van der Waals surface area contributed by atoms with Crippen LogP contribution in [0.5, 0.6) is 11.5 Å². The van der Waals surface area contributed by atoms with E-state index in [9.17, 15) is 9.59 Å². The van der Waals surface area contributed by atoms with Crippen LogP contribution in [-0.4, -0.2) is 30.5 Å². The van der Waals surface area contributed by atoms with Gasteiger partial charge in [-0.05, 0) is 30.3 Å². The monoisotopic (exact) mass is 373 g/mol. The number of ether oxygens (including phenoxy) is 2. The van der Waals surface area contributed by atoms with Gasteiger partial charge in [0, 0.05) is 22.7 Å². The van der Waals surface area contributed by atoms with Gasteiger partial charge in [-0.15, -0.1) is 0 Å². The average Bonchev–Trinajstić information content (AvgIpc) is 3.09. The lowest BCUT2D eigenvalue weighted by atomic mass is 10.1. The van der Waals surface area contributed by atoms with Gasteiger partial charge < -0.3 is 25.5 Å². The predicted octanol–water partition coefficient (Wildman–Crippen LogP) is 2.95. The van der Waals surface area contributed by atoms with Crippen molar-refractivity contribution >= 4 is 40.0 Å². The highest BCUT2D eigenvalue weighted by molar-refractivity contribution is 6.33. The normalized spacial score (nSPS) is 10.5. The van der Waals surface area contributed by atoms with Gasteiger partial charge in [0.2, 0.25) is 0 Å². The number of carbonyl (C=O) groups is 2. The number of aromatic amines is 1. The third-order valence-corrected chi connectivity index (χ3v) is 3.97. The highest BCUT2D eigenvalue weighted by atomic mass is 35.5. The third kappa shape index (κ3) is 3.57. The van der Waals surface area contributed by atoms with Crippen molar-refractivity contribution in [3.63, 3.8) is 0 Å². The lowest BCUT2D eigenvalue weighted by Crippen LogP contribution is -2.20. The van der Waals surface area contributed by atoms with E-state index in [0.717, 1.165) is 10.9 Å². The number of hydrogen-bond acceptors (Lipinski definition) is 4. The lowest BCUT2D eigenvalue weighted by molar-refractivity contribution is -0.119. The number of carbonyl (C=O) groups excluding carboxylic acids is 2. The average molecular weight is 374 g/mol. The molecule has 0 aliphatic rings. The molecule has 0 aliphatic carbocycles. The number of primary amides is 1. The van der Waals surface area contributed by atoms with Crippen LogP contribution in [0.1, 0.15) is 10.4 Å².